The minimum absolute atomic E-state index is 0.131. The molecule has 0 bridgehead atoms. The first-order chi connectivity index (χ1) is 17.3. The van der Waals surface area contributed by atoms with E-state index in [9.17, 15) is 19.2 Å². The maximum Gasteiger partial charge on any atom is 0.303 e. The lowest BCUT2D eigenvalue weighted by molar-refractivity contribution is -0.315. The van der Waals surface area contributed by atoms with Crippen molar-refractivity contribution in [3.63, 3.8) is 0 Å². The van der Waals surface area contributed by atoms with Crippen LogP contribution in [0.15, 0.2) is 0 Å². The molecule has 210 valence electrons. The van der Waals surface area contributed by atoms with E-state index in [0.29, 0.717) is 0 Å². The molecule has 0 unspecified atom stereocenters. The van der Waals surface area contributed by atoms with Gasteiger partial charge in [-0.05, 0) is 13.8 Å². The number of carbonyl (C=O) groups excluding carboxylic acids is 4. The van der Waals surface area contributed by atoms with Gasteiger partial charge in [-0.15, -0.1) is 0 Å². The molecule has 0 radical (unpaired) electrons. The van der Waals surface area contributed by atoms with E-state index in [1.807, 2.05) is 0 Å². The van der Waals surface area contributed by atoms with Gasteiger partial charge in [0.2, 0.25) is 0 Å². The lowest BCUT2D eigenvalue weighted by Crippen LogP contribution is -2.63. The van der Waals surface area contributed by atoms with E-state index in [2.05, 4.69) is 0 Å². The summed E-state index contributed by atoms with van der Waals surface area (Å²) in [5, 5.41) is 0. The molecule has 9 atom stereocenters. The lowest BCUT2D eigenvalue weighted by Gasteiger charge is -2.44. The molecule has 3 saturated heterocycles. The third kappa shape index (κ3) is 7.36. The van der Waals surface area contributed by atoms with Crippen molar-refractivity contribution in [1.29, 1.82) is 0 Å². The number of methoxy groups -OCH3 is 1. The zero-order valence-corrected chi connectivity index (χ0v) is 21.8. The molecule has 0 spiro atoms. The second-order valence-electron chi connectivity index (χ2n) is 9.24. The van der Waals surface area contributed by atoms with Gasteiger partial charge in [0.25, 0.3) is 0 Å². The Morgan fingerprint density at radius 3 is 1.78 bits per heavy atom. The Labute approximate surface area is 214 Å². The van der Waals surface area contributed by atoms with Gasteiger partial charge in [0.1, 0.15) is 31.0 Å². The summed E-state index contributed by atoms with van der Waals surface area (Å²) in [6, 6.07) is 0. The van der Waals surface area contributed by atoms with Crippen LogP contribution >= 0.6 is 0 Å². The molecule has 3 aliphatic rings. The first-order valence-electron chi connectivity index (χ1n) is 11.8. The minimum Gasteiger partial charge on any atom is -0.463 e. The predicted molar refractivity (Wildman–Crippen MR) is 117 cm³/mol. The lowest BCUT2D eigenvalue weighted by atomic mass is 9.98. The number of rotatable bonds is 9. The monoisotopic (exact) mass is 534 g/mol. The molecular weight excluding hydrogens is 500 g/mol. The number of hydrogen-bond donors (Lipinski definition) is 0. The summed E-state index contributed by atoms with van der Waals surface area (Å²) in [6.07, 6.45) is -8.83. The number of esters is 4. The third-order valence-corrected chi connectivity index (χ3v) is 5.71. The Bertz CT molecular complexity index is 858. The summed E-state index contributed by atoms with van der Waals surface area (Å²) in [6.45, 7) is 7.64. The van der Waals surface area contributed by atoms with Crippen LogP contribution in [0.25, 0.3) is 0 Å². The molecule has 14 heteroatoms. The van der Waals surface area contributed by atoms with Gasteiger partial charge in [-0.2, -0.15) is 0 Å². The van der Waals surface area contributed by atoms with Crippen LogP contribution in [0.1, 0.15) is 41.5 Å². The topological polar surface area (TPSA) is 161 Å². The summed E-state index contributed by atoms with van der Waals surface area (Å²) in [5.41, 5.74) is 0. The van der Waals surface area contributed by atoms with E-state index in [-0.39, 0.29) is 13.2 Å². The summed E-state index contributed by atoms with van der Waals surface area (Å²) >= 11 is 0. The standard InChI is InChI=1S/C23H34O14/c1-10(24)29-8-14-16(31-11(2)25)18(32-12(3)26)19(33-13(4)27)22(35-14)30-9-15-17-20(21(28-7)34-15)37-23(5,6)36-17/h14-22H,8-9H2,1-7H3/t14-,15-,16+,17-,18+,19-,20-,21-,22-/m1/s1. The molecule has 3 fully saturated rings. The Morgan fingerprint density at radius 1 is 0.676 bits per heavy atom. The molecule has 37 heavy (non-hydrogen) atoms. The normalized spacial score (nSPS) is 36.4. The highest BCUT2D eigenvalue weighted by Crippen LogP contribution is 2.39. The molecule has 0 saturated carbocycles. The van der Waals surface area contributed by atoms with Crippen LogP contribution in [0.3, 0.4) is 0 Å². The van der Waals surface area contributed by atoms with Crippen LogP contribution < -0.4 is 0 Å². The Hall–Kier alpha value is -2.36. The van der Waals surface area contributed by atoms with E-state index >= 15 is 0 Å². The van der Waals surface area contributed by atoms with Gasteiger partial charge in [-0.1, -0.05) is 0 Å². The zero-order valence-electron chi connectivity index (χ0n) is 21.8. The smallest absolute Gasteiger partial charge is 0.303 e. The SMILES string of the molecule is CO[C@@H]1O[C@H](CO[C@@H]2O[C@H](COC(C)=O)[C@H](OC(C)=O)[C@H](OC(C)=O)[C@H]2OC(C)=O)[C@H]2OC(C)(C)O[C@@H]12. The summed E-state index contributed by atoms with van der Waals surface area (Å²) in [4.78, 5) is 47.2. The van der Waals surface area contributed by atoms with Gasteiger partial charge in [0.15, 0.2) is 36.7 Å². The van der Waals surface area contributed by atoms with Gasteiger partial charge >= 0.3 is 23.9 Å². The second kappa shape index (κ2) is 12.0. The number of ether oxygens (including phenoxy) is 10. The van der Waals surface area contributed by atoms with Crippen molar-refractivity contribution >= 4 is 23.9 Å². The molecule has 3 rings (SSSR count). The molecule has 0 aromatic rings. The number of fused-ring (bicyclic) bond motifs is 1. The van der Waals surface area contributed by atoms with Crippen molar-refractivity contribution in [2.24, 2.45) is 0 Å². The zero-order chi connectivity index (χ0) is 27.5. The third-order valence-electron chi connectivity index (χ3n) is 5.71. The highest BCUT2D eigenvalue weighted by molar-refractivity contribution is 5.68. The van der Waals surface area contributed by atoms with E-state index in [1.54, 1.807) is 13.8 Å². The van der Waals surface area contributed by atoms with Gasteiger partial charge in [-0.25, -0.2) is 0 Å². The Morgan fingerprint density at radius 2 is 1.22 bits per heavy atom. The molecule has 0 aromatic heterocycles. The maximum absolute atomic E-state index is 11.9. The molecular formula is C23H34O14. The molecule has 0 N–H and O–H groups in total. The average Bonchev–Trinajstić information content (AvgIpc) is 3.26. The van der Waals surface area contributed by atoms with Gasteiger partial charge in [0, 0.05) is 34.8 Å². The quantitative estimate of drug-likeness (QED) is 0.287. The Balaban J connectivity index is 1.85. The molecule has 0 aromatic carbocycles. The van der Waals surface area contributed by atoms with Crippen LogP contribution in [0.4, 0.5) is 0 Å². The van der Waals surface area contributed by atoms with E-state index in [4.69, 9.17) is 47.4 Å². The molecule has 0 aliphatic carbocycles. The fourth-order valence-electron chi connectivity index (χ4n) is 4.48. The maximum atomic E-state index is 11.9. The van der Waals surface area contributed by atoms with Crippen LogP contribution in [-0.2, 0) is 66.5 Å². The van der Waals surface area contributed by atoms with Crippen molar-refractivity contribution in [2.75, 3.05) is 20.3 Å². The van der Waals surface area contributed by atoms with E-state index in [0.717, 1.165) is 20.8 Å². The highest BCUT2D eigenvalue weighted by Gasteiger charge is 2.57. The van der Waals surface area contributed by atoms with Crippen LogP contribution in [-0.4, -0.2) is 105 Å². The summed E-state index contributed by atoms with van der Waals surface area (Å²) < 4.78 is 56.1. The van der Waals surface area contributed by atoms with Crippen molar-refractivity contribution in [2.45, 2.75) is 103 Å². The summed E-state index contributed by atoms with van der Waals surface area (Å²) in [7, 11) is 1.47. The van der Waals surface area contributed by atoms with Crippen molar-refractivity contribution in [3.8, 4) is 0 Å². The fourth-order valence-corrected chi connectivity index (χ4v) is 4.48. The number of hydrogen-bond acceptors (Lipinski definition) is 14. The largest absolute Gasteiger partial charge is 0.463 e. The van der Waals surface area contributed by atoms with Gasteiger partial charge in [-0.3, -0.25) is 19.2 Å². The molecule has 3 aliphatic heterocycles. The molecule has 14 nitrogen and oxygen atoms in total. The van der Waals surface area contributed by atoms with Crippen LogP contribution in [0.2, 0.25) is 0 Å². The van der Waals surface area contributed by atoms with Gasteiger partial charge in [0.05, 0.1) is 6.61 Å². The fraction of sp³-hybridized carbons (Fsp3) is 0.826. The second-order valence-corrected chi connectivity index (χ2v) is 9.24. The van der Waals surface area contributed by atoms with Crippen molar-refractivity contribution < 1.29 is 66.5 Å². The minimum atomic E-state index is -1.34. The first-order valence-corrected chi connectivity index (χ1v) is 11.8. The van der Waals surface area contributed by atoms with Gasteiger partial charge < -0.3 is 47.4 Å². The van der Waals surface area contributed by atoms with Crippen LogP contribution in [0.5, 0.6) is 0 Å². The average molecular weight is 535 g/mol. The Kier molecular flexibility index (Phi) is 9.47. The highest BCUT2D eigenvalue weighted by atomic mass is 16.8. The molecule has 0 amide bonds. The predicted octanol–water partition coefficient (Wildman–Crippen LogP) is -0.0225. The van der Waals surface area contributed by atoms with E-state index < -0.39 is 85.0 Å². The van der Waals surface area contributed by atoms with Crippen molar-refractivity contribution in [3.05, 3.63) is 0 Å². The number of carbonyl (C=O) groups is 4. The van der Waals surface area contributed by atoms with Crippen molar-refractivity contribution in [1.82, 2.24) is 0 Å². The first kappa shape index (κ1) is 29.2. The molecule has 3 heterocycles. The summed E-state index contributed by atoms with van der Waals surface area (Å²) in [5.74, 6) is -3.69. The van der Waals surface area contributed by atoms with E-state index in [1.165, 1.54) is 14.0 Å². The van der Waals surface area contributed by atoms with Crippen LogP contribution in [0, 0.1) is 0 Å².